The van der Waals surface area contributed by atoms with Crippen LogP contribution in [0.3, 0.4) is 0 Å². The Bertz CT molecular complexity index is 1150. The summed E-state index contributed by atoms with van der Waals surface area (Å²) in [6.07, 6.45) is 0. The molecule has 3 aromatic carbocycles. The van der Waals surface area contributed by atoms with Gasteiger partial charge in [-0.2, -0.15) is 0 Å². The number of hydrogen-bond acceptors (Lipinski definition) is 3. The number of nitrogens with zero attached hydrogens (tertiary/aromatic N) is 1. The van der Waals surface area contributed by atoms with Gasteiger partial charge in [0.2, 0.25) is 0 Å². The summed E-state index contributed by atoms with van der Waals surface area (Å²) in [5.41, 5.74) is 7.89. The van der Waals surface area contributed by atoms with E-state index >= 15 is 0 Å². The highest BCUT2D eigenvalue weighted by Gasteiger charge is 2.14. The molecule has 0 radical (unpaired) electrons. The second-order valence-corrected chi connectivity index (χ2v) is 7.25. The van der Waals surface area contributed by atoms with Crippen LogP contribution in [0.5, 0.6) is 5.75 Å². The first-order chi connectivity index (χ1) is 15.0. The molecule has 5 nitrogen and oxygen atoms in total. The summed E-state index contributed by atoms with van der Waals surface area (Å²) in [6, 6.07) is 20.8. The Morgan fingerprint density at radius 2 is 1.77 bits per heavy atom. The van der Waals surface area contributed by atoms with E-state index in [0.717, 1.165) is 11.1 Å². The molecule has 3 N–H and O–H groups in total. The molecule has 156 valence electrons. The van der Waals surface area contributed by atoms with E-state index < -0.39 is 11.9 Å². The van der Waals surface area contributed by atoms with Crippen molar-refractivity contribution >= 4 is 35.1 Å². The third-order valence-corrected chi connectivity index (χ3v) is 4.79. The normalized spacial score (nSPS) is 11.8. The van der Waals surface area contributed by atoms with E-state index in [9.17, 15) is 4.79 Å². The molecule has 3 aromatic rings. The number of amides is 1. The minimum absolute atomic E-state index is 0.0841. The van der Waals surface area contributed by atoms with Crippen LogP contribution in [-0.4, -0.2) is 19.0 Å². The Balaban J connectivity index is 1.87. The van der Waals surface area contributed by atoms with Gasteiger partial charge in [0, 0.05) is 10.6 Å². The number of hydrogen-bond donors (Lipinski definition) is 2. The average molecular weight is 452 g/mol. The lowest BCUT2D eigenvalue weighted by molar-refractivity contribution is 0.0976. The van der Waals surface area contributed by atoms with Crippen LogP contribution in [0, 0.1) is 11.8 Å². The number of nitrogens with two attached hydrogens (primary N) is 1. The Labute approximate surface area is 190 Å². The first kappa shape index (κ1) is 22.2. The maximum Gasteiger partial charge on any atom is 0.259 e. The zero-order valence-electron chi connectivity index (χ0n) is 16.6. The van der Waals surface area contributed by atoms with Gasteiger partial charge in [-0.15, -0.1) is 0 Å². The molecule has 1 unspecified atom stereocenters. The van der Waals surface area contributed by atoms with Crippen LogP contribution in [-0.2, 0) is 0 Å². The maximum absolute atomic E-state index is 12.5. The molecule has 0 spiro atoms. The Kier molecular flexibility index (Phi) is 7.55. The van der Waals surface area contributed by atoms with Crippen molar-refractivity contribution in [3.05, 3.63) is 99.5 Å². The summed E-state index contributed by atoms with van der Waals surface area (Å²) in [5, 5.41) is 3.19. The van der Waals surface area contributed by atoms with Gasteiger partial charge in [-0.3, -0.25) is 10.1 Å². The molecule has 31 heavy (non-hydrogen) atoms. The fraction of sp³-hybridized carbons (Fsp3) is 0.0833. The van der Waals surface area contributed by atoms with Gasteiger partial charge in [0.25, 0.3) is 5.91 Å². The summed E-state index contributed by atoms with van der Waals surface area (Å²) in [7, 11) is 1.59. The number of carbonyl (C=O) groups is 1. The highest BCUT2D eigenvalue weighted by Crippen LogP contribution is 2.22. The van der Waals surface area contributed by atoms with Gasteiger partial charge in [-0.1, -0.05) is 65.4 Å². The number of halogens is 2. The van der Waals surface area contributed by atoms with E-state index in [1.54, 1.807) is 13.2 Å². The van der Waals surface area contributed by atoms with Crippen LogP contribution >= 0.6 is 23.2 Å². The minimum atomic E-state index is -0.605. The standard InChI is InChI=1S/C24H19Cl2N3O2/c1-31-19-11-8-17(9-12-19)22(14-7-16-5-3-2-4-6-16)28-24(27)29-23(30)20-13-10-18(25)15-21(20)26/h2-6,8-13,15,22H,1H3,(H3,27,28,29,30). The Morgan fingerprint density at radius 3 is 2.42 bits per heavy atom. The topological polar surface area (TPSA) is 76.7 Å². The Morgan fingerprint density at radius 1 is 1.06 bits per heavy atom. The van der Waals surface area contributed by atoms with E-state index in [1.807, 2.05) is 54.6 Å². The third-order valence-electron chi connectivity index (χ3n) is 4.24. The second-order valence-electron chi connectivity index (χ2n) is 6.40. The molecule has 0 aliphatic heterocycles. The largest absolute Gasteiger partial charge is 0.497 e. The van der Waals surface area contributed by atoms with Crippen molar-refractivity contribution < 1.29 is 9.53 Å². The molecule has 1 atom stereocenters. The summed E-state index contributed by atoms with van der Waals surface area (Å²) in [6.45, 7) is 0. The second kappa shape index (κ2) is 10.5. The van der Waals surface area contributed by atoms with Crippen LogP contribution in [0.2, 0.25) is 10.0 Å². The summed E-state index contributed by atoms with van der Waals surface area (Å²) < 4.78 is 5.21. The highest BCUT2D eigenvalue weighted by molar-refractivity contribution is 6.37. The van der Waals surface area contributed by atoms with E-state index in [2.05, 4.69) is 22.2 Å². The number of nitrogens with one attached hydrogen (secondary N) is 1. The van der Waals surface area contributed by atoms with Gasteiger partial charge >= 0.3 is 0 Å². The summed E-state index contributed by atoms with van der Waals surface area (Å²) in [5.74, 6) is 6.32. The number of ether oxygens (including phenoxy) is 1. The monoisotopic (exact) mass is 451 g/mol. The molecule has 0 aliphatic rings. The quantitative estimate of drug-likeness (QED) is 0.338. The lowest BCUT2D eigenvalue weighted by atomic mass is 10.1. The van der Waals surface area contributed by atoms with Crippen molar-refractivity contribution in [2.24, 2.45) is 10.7 Å². The predicted molar refractivity (Wildman–Crippen MR) is 125 cm³/mol. The van der Waals surface area contributed by atoms with Crippen LogP contribution in [0.1, 0.15) is 27.5 Å². The lowest BCUT2D eigenvalue weighted by Gasteiger charge is -2.11. The lowest BCUT2D eigenvalue weighted by Crippen LogP contribution is -2.37. The first-order valence-electron chi connectivity index (χ1n) is 9.26. The van der Waals surface area contributed by atoms with Crippen LogP contribution in [0.4, 0.5) is 0 Å². The summed E-state index contributed by atoms with van der Waals surface area (Å²) >= 11 is 12.0. The number of carbonyl (C=O) groups excluding carboxylic acids is 1. The molecular weight excluding hydrogens is 433 g/mol. The van der Waals surface area contributed by atoms with Gasteiger partial charge in [0.15, 0.2) is 5.96 Å². The zero-order chi connectivity index (χ0) is 22.2. The maximum atomic E-state index is 12.5. The van der Waals surface area contributed by atoms with Crippen molar-refractivity contribution in [3.63, 3.8) is 0 Å². The van der Waals surface area contributed by atoms with E-state index in [4.69, 9.17) is 33.7 Å². The SMILES string of the molecule is COc1ccc(C(C#Cc2ccccc2)N=C(N)NC(=O)c2ccc(Cl)cc2Cl)cc1. The van der Waals surface area contributed by atoms with Crippen molar-refractivity contribution in [1.29, 1.82) is 0 Å². The van der Waals surface area contributed by atoms with Crippen molar-refractivity contribution in [2.45, 2.75) is 6.04 Å². The van der Waals surface area contributed by atoms with Crippen molar-refractivity contribution in [1.82, 2.24) is 5.32 Å². The molecule has 0 saturated carbocycles. The molecule has 0 saturated heterocycles. The van der Waals surface area contributed by atoms with Gasteiger partial charge in [0.05, 0.1) is 17.7 Å². The average Bonchev–Trinajstić information content (AvgIpc) is 2.77. The fourth-order valence-corrected chi connectivity index (χ4v) is 3.17. The zero-order valence-corrected chi connectivity index (χ0v) is 18.1. The number of rotatable bonds is 4. The number of methoxy groups -OCH3 is 1. The van der Waals surface area contributed by atoms with Gasteiger partial charge in [0.1, 0.15) is 11.8 Å². The van der Waals surface area contributed by atoms with Gasteiger partial charge in [-0.25, -0.2) is 4.99 Å². The van der Waals surface area contributed by atoms with Gasteiger partial charge in [-0.05, 0) is 48.0 Å². The molecule has 7 heteroatoms. The van der Waals surface area contributed by atoms with E-state index in [-0.39, 0.29) is 16.5 Å². The number of benzene rings is 3. The molecule has 0 fully saturated rings. The number of guanidine groups is 1. The predicted octanol–water partition coefficient (Wildman–Crippen LogP) is 4.84. The molecule has 0 heterocycles. The highest BCUT2D eigenvalue weighted by atomic mass is 35.5. The molecule has 0 aromatic heterocycles. The minimum Gasteiger partial charge on any atom is -0.497 e. The fourth-order valence-electron chi connectivity index (χ4n) is 2.68. The third kappa shape index (κ3) is 6.26. The first-order valence-corrected chi connectivity index (χ1v) is 10.0. The Hall–Kier alpha value is -3.46. The molecule has 3 rings (SSSR count). The molecule has 0 bridgehead atoms. The van der Waals surface area contributed by atoms with E-state index in [1.165, 1.54) is 12.1 Å². The molecule has 0 aliphatic carbocycles. The van der Waals surface area contributed by atoms with Gasteiger partial charge < -0.3 is 10.5 Å². The van der Waals surface area contributed by atoms with Crippen molar-refractivity contribution in [3.8, 4) is 17.6 Å². The van der Waals surface area contributed by atoms with Crippen molar-refractivity contribution in [2.75, 3.05) is 7.11 Å². The molecular formula is C24H19Cl2N3O2. The number of aliphatic imine (C=N–C) groups is 1. The summed E-state index contributed by atoms with van der Waals surface area (Å²) in [4.78, 5) is 16.9. The molecule has 1 amide bonds. The van der Waals surface area contributed by atoms with Crippen LogP contribution in [0.15, 0.2) is 77.8 Å². The smallest absolute Gasteiger partial charge is 0.259 e. The van der Waals surface area contributed by atoms with Crippen LogP contribution in [0.25, 0.3) is 0 Å². The van der Waals surface area contributed by atoms with E-state index in [0.29, 0.717) is 10.8 Å². The van der Waals surface area contributed by atoms with Crippen LogP contribution < -0.4 is 15.8 Å².